The molecule has 132 valence electrons. The summed E-state index contributed by atoms with van der Waals surface area (Å²) in [6.07, 6.45) is -0.677. The molecule has 1 aromatic carbocycles. The summed E-state index contributed by atoms with van der Waals surface area (Å²) in [6.45, 7) is 0.734. The molecule has 0 unspecified atom stereocenters. The van der Waals surface area contributed by atoms with E-state index in [9.17, 15) is 9.59 Å². The Hall–Kier alpha value is -2.12. The first-order chi connectivity index (χ1) is 11.6. The number of hydrogen-bond donors (Lipinski definition) is 1. The molecule has 7 heteroatoms. The van der Waals surface area contributed by atoms with E-state index in [0.29, 0.717) is 13.2 Å². The summed E-state index contributed by atoms with van der Waals surface area (Å²) in [6, 6.07) is 9.29. The smallest absolute Gasteiger partial charge is 0.408 e. The largest absolute Gasteiger partial charge is 0.467 e. The van der Waals surface area contributed by atoms with Gasteiger partial charge in [0.25, 0.3) is 0 Å². The van der Waals surface area contributed by atoms with Gasteiger partial charge in [0.05, 0.1) is 20.3 Å². The summed E-state index contributed by atoms with van der Waals surface area (Å²) < 4.78 is 20.4. The normalized spacial score (nSPS) is 25.0. The summed E-state index contributed by atoms with van der Waals surface area (Å²) in [5.74, 6) is -0.971. The molecule has 0 radical (unpaired) electrons. The average Bonchev–Trinajstić information content (AvgIpc) is 3.20. The third kappa shape index (κ3) is 3.68. The van der Waals surface area contributed by atoms with Gasteiger partial charge in [-0.05, 0) is 5.56 Å². The fourth-order valence-electron chi connectivity index (χ4n) is 3.03. The molecule has 1 N–H and O–H groups in total. The first-order valence-electron chi connectivity index (χ1n) is 7.65. The Morgan fingerprint density at radius 2 is 1.62 bits per heavy atom. The molecule has 7 nitrogen and oxygen atoms in total. The van der Waals surface area contributed by atoms with Gasteiger partial charge in [-0.1, -0.05) is 30.3 Å². The molecule has 1 aliphatic carbocycles. The lowest BCUT2D eigenvalue weighted by molar-refractivity contribution is -0.145. The van der Waals surface area contributed by atoms with Crippen molar-refractivity contribution in [3.8, 4) is 0 Å². The summed E-state index contributed by atoms with van der Waals surface area (Å²) >= 11 is 0. The lowest BCUT2D eigenvalue weighted by atomic mass is 10.2. The highest BCUT2D eigenvalue weighted by atomic mass is 16.6. The summed E-state index contributed by atoms with van der Waals surface area (Å²) in [7, 11) is 4.36. The second-order valence-electron chi connectivity index (χ2n) is 5.67. The molecule has 24 heavy (non-hydrogen) atoms. The monoisotopic (exact) mass is 337 g/mol. The summed E-state index contributed by atoms with van der Waals surface area (Å²) in [4.78, 5) is 24.4. The predicted octanol–water partition coefficient (Wildman–Crippen LogP) is 1.36. The van der Waals surface area contributed by atoms with Gasteiger partial charge in [0, 0.05) is 26.1 Å². The molecule has 0 bridgehead atoms. The van der Waals surface area contributed by atoms with Gasteiger partial charge in [0.1, 0.15) is 6.61 Å². The van der Waals surface area contributed by atoms with E-state index in [1.54, 1.807) is 0 Å². The van der Waals surface area contributed by atoms with E-state index >= 15 is 0 Å². The maximum absolute atomic E-state index is 12.3. The van der Waals surface area contributed by atoms with E-state index in [0.717, 1.165) is 5.56 Å². The number of hydrogen-bond acceptors (Lipinski definition) is 6. The van der Waals surface area contributed by atoms with E-state index < -0.39 is 17.6 Å². The molecule has 1 amide bonds. The topological polar surface area (TPSA) is 83.1 Å². The maximum Gasteiger partial charge on any atom is 0.408 e. The number of methoxy groups -OCH3 is 3. The van der Waals surface area contributed by atoms with Gasteiger partial charge in [-0.15, -0.1) is 0 Å². The highest BCUT2D eigenvalue weighted by Crippen LogP contribution is 2.51. The number of benzene rings is 1. The Balaban J connectivity index is 2.03. The third-order valence-electron chi connectivity index (χ3n) is 4.28. The van der Waals surface area contributed by atoms with Gasteiger partial charge < -0.3 is 24.3 Å². The van der Waals surface area contributed by atoms with Crippen LogP contribution in [0.15, 0.2) is 30.3 Å². The first-order valence-corrected chi connectivity index (χ1v) is 7.65. The quantitative estimate of drug-likeness (QED) is 0.721. The van der Waals surface area contributed by atoms with Crippen LogP contribution in [0.2, 0.25) is 0 Å². The van der Waals surface area contributed by atoms with Gasteiger partial charge in [-0.25, -0.2) is 9.59 Å². The van der Waals surface area contributed by atoms with Crippen LogP contribution < -0.4 is 5.32 Å². The molecule has 1 aromatic rings. The van der Waals surface area contributed by atoms with E-state index in [4.69, 9.17) is 18.9 Å². The number of ether oxygens (including phenoxy) is 4. The average molecular weight is 337 g/mol. The van der Waals surface area contributed by atoms with E-state index in [2.05, 4.69) is 5.32 Å². The van der Waals surface area contributed by atoms with Crippen molar-refractivity contribution in [1.29, 1.82) is 0 Å². The fraction of sp³-hybridized carbons (Fsp3) is 0.529. The van der Waals surface area contributed by atoms with Crippen LogP contribution in [0.4, 0.5) is 4.79 Å². The Labute approximate surface area is 141 Å². The van der Waals surface area contributed by atoms with Crippen molar-refractivity contribution < 1.29 is 28.5 Å². The van der Waals surface area contributed by atoms with Gasteiger partial charge in [-0.2, -0.15) is 0 Å². The van der Waals surface area contributed by atoms with Crippen molar-refractivity contribution in [2.75, 3.05) is 34.5 Å². The Morgan fingerprint density at radius 3 is 2.12 bits per heavy atom. The highest BCUT2D eigenvalue weighted by molar-refractivity contribution is 5.90. The van der Waals surface area contributed by atoms with Crippen LogP contribution in [-0.4, -0.2) is 52.1 Å². The van der Waals surface area contributed by atoms with Crippen molar-refractivity contribution >= 4 is 12.1 Å². The molecule has 1 fully saturated rings. The molecule has 0 aliphatic heterocycles. The van der Waals surface area contributed by atoms with Crippen molar-refractivity contribution in [1.82, 2.24) is 5.32 Å². The number of nitrogens with one attached hydrogen (secondary N) is 1. The second kappa shape index (κ2) is 8.12. The van der Waals surface area contributed by atoms with E-state index in [1.807, 2.05) is 30.3 Å². The molecule has 0 heterocycles. The molecular weight excluding hydrogens is 314 g/mol. The van der Waals surface area contributed by atoms with Crippen LogP contribution in [0, 0.1) is 11.8 Å². The van der Waals surface area contributed by atoms with Gasteiger partial charge in [0.15, 0.2) is 5.54 Å². The van der Waals surface area contributed by atoms with Crippen LogP contribution in [0.3, 0.4) is 0 Å². The predicted molar refractivity (Wildman–Crippen MR) is 85.2 cm³/mol. The number of carbonyl (C=O) groups excluding carboxylic acids is 2. The molecule has 2 rings (SSSR count). The Morgan fingerprint density at radius 1 is 1.04 bits per heavy atom. The molecule has 0 spiro atoms. The highest BCUT2D eigenvalue weighted by Gasteiger charge is 2.71. The van der Waals surface area contributed by atoms with Gasteiger partial charge in [0.2, 0.25) is 0 Å². The van der Waals surface area contributed by atoms with Crippen molar-refractivity contribution in [2.45, 2.75) is 12.1 Å². The summed E-state index contributed by atoms with van der Waals surface area (Å²) in [5, 5.41) is 2.66. The van der Waals surface area contributed by atoms with Crippen LogP contribution in [0.1, 0.15) is 5.56 Å². The fourth-order valence-corrected chi connectivity index (χ4v) is 3.03. The zero-order valence-electron chi connectivity index (χ0n) is 14.1. The Bertz CT molecular complexity index is 549. The number of esters is 1. The molecule has 0 aromatic heterocycles. The summed E-state index contributed by atoms with van der Waals surface area (Å²) in [5.41, 5.74) is -0.313. The van der Waals surface area contributed by atoms with Gasteiger partial charge >= 0.3 is 12.1 Å². The SMILES string of the molecule is COC[C@@H]1[C@@H](COC)C1(NC(=O)OCc1ccccc1)C(=O)OC. The Kier molecular flexibility index (Phi) is 6.16. The second-order valence-corrected chi connectivity index (χ2v) is 5.67. The van der Waals surface area contributed by atoms with Crippen molar-refractivity contribution in [3.63, 3.8) is 0 Å². The van der Waals surface area contributed by atoms with Crippen LogP contribution in [-0.2, 0) is 30.3 Å². The number of rotatable bonds is 8. The number of amides is 1. The van der Waals surface area contributed by atoms with E-state index in [1.165, 1.54) is 21.3 Å². The standard InChI is InChI=1S/C17H23NO6/c1-21-10-13-14(11-22-2)17(13,15(19)23-3)18-16(20)24-9-12-7-5-4-6-8-12/h4-8,13-14H,9-11H2,1-3H3,(H,18,20)/t13-,14-/m1/s1. The molecular formula is C17H23NO6. The third-order valence-corrected chi connectivity index (χ3v) is 4.28. The van der Waals surface area contributed by atoms with E-state index in [-0.39, 0.29) is 18.4 Å². The van der Waals surface area contributed by atoms with Crippen LogP contribution in [0.5, 0.6) is 0 Å². The number of carbonyl (C=O) groups is 2. The number of alkyl carbamates (subject to hydrolysis) is 1. The molecule has 1 aliphatic rings. The van der Waals surface area contributed by atoms with Crippen molar-refractivity contribution in [2.24, 2.45) is 11.8 Å². The molecule has 0 saturated heterocycles. The zero-order valence-corrected chi connectivity index (χ0v) is 14.1. The van der Waals surface area contributed by atoms with Crippen molar-refractivity contribution in [3.05, 3.63) is 35.9 Å². The lowest BCUT2D eigenvalue weighted by Gasteiger charge is -2.18. The first kappa shape index (κ1) is 18.2. The minimum Gasteiger partial charge on any atom is -0.467 e. The molecule has 2 atom stereocenters. The molecule has 1 saturated carbocycles. The minimum atomic E-state index is -1.17. The van der Waals surface area contributed by atoms with Crippen LogP contribution in [0.25, 0.3) is 0 Å². The van der Waals surface area contributed by atoms with Gasteiger partial charge in [-0.3, -0.25) is 0 Å². The van der Waals surface area contributed by atoms with Crippen LogP contribution >= 0.6 is 0 Å². The maximum atomic E-state index is 12.3. The lowest BCUT2D eigenvalue weighted by Crippen LogP contribution is -2.48. The zero-order chi connectivity index (χ0) is 17.6. The minimum absolute atomic E-state index is 0.119.